The lowest BCUT2D eigenvalue weighted by atomic mass is 10.1. The molecule has 0 saturated carbocycles. The van der Waals surface area contributed by atoms with Crippen molar-refractivity contribution >= 4 is 17.5 Å². The van der Waals surface area contributed by atoms with E-state index in [2.05, 4.69) is 36.9 Å². The van der Waals surface area contributed by atoms with Crippen LogP contribution in [-0.2, 0) is 22.7 Å². The number of para-hydroxylation sites is 2. The van der Waals surface area contributed by atoms with Crippen molar-refractivity contribution in [2.75, 3.05) is 19.4 Å². The smallest absolute Gasteiger partial charge is 0.266 e. The van der Waals surface area contributed by atoms with E-state index in [1.165, 1.54) is 10.5 Å². The molecule has 2 amide bonds. The highest BCUT2D eigenvalue weighted by Crippen LogP contribution is 2.29. The number of amides is 2. The lowest BCUT2D eigenvalue weighted by Crippen LogP contribution is -3.04. The molecule has 0 spiro atoms. The Bertz CT molecular complexity index is 787. The molecule has 3 N–H and O–H groups in total. The van der Waals surface area contributed by atoms with Crippen molar-refractivity contribution in [2.45, 2.75) is 25.6 Å². The van der Waals surface area contributed by atoms with Gasteiger partial charge >= 0.3 is 0 Å². The Morgan fingerprint density at radius 1 is 1.12 bits per heavy atom. The van der Waals surface area contributed by atoms with Crippen LogP contribution in [-0.4, -0.2) is 32.0 Å². The molecule has 2 aromatic rings. The van der Waals surface area contributed by atoms with E-state index < -0.39 is 6.10 Å². The Balaban J connectivity index is 1.51. The number of carbonyl (C=O) groups is 2. The number of rotatable bonds is 6. The fourth-order valence-electron chi connectivity index (χ4n) is 2.85. The van der Waals surface area contributed by atoms with E-state index in [0.717, 1.165) is 12.1 Å². The van der Waals surface area contributed by atoms with Gasteiger partial charge in [-0.15, -0.1) is 0 Å². The Hall–Kier alpha value is -2.86. The molecule has 1 heterocycles. The number of hydrogen-bond donors (Lipinski definition) is 3. The topological polar surface area (TPSA) is 71.9 Å². The molecule has 0 saturated heterocycles. The third kappa shape index (κ3) is 4.61. The van der Waals surface area contributed by atoms with Gasteiger partial charge in [-0.2, -0.15) is 0 Å². The molecule has 2 aromatic carbocycles. The van der Waals surface area contributed by atoms with Crippen LogP contribution in [0.4, 0.5) is 5.69 Å². The Morgan fingerprint density at radius 3 is 2.54 bits per heavy atom. The van der Waals surface area contributed by atoms with Crippen molar-refractivity contribution in [1.82, 2.24) is 5.32 Å². The summed E-state index contributed by atoms with van der Waals surface area (Å²) in [5, 5.41) is 5.61. The average Bonchev–Trinajstić information content (AvgIpc) is 2.61. The molecule has 136 valence electrons. The van der Waals surface area contributed by atoms with Crippen LogP contribution >= 0.6 is 0 Å². The number of hydrogen-bond acceptors (Lipinski definition) is 3. The molecular formula is C20H24N3O3+. The van der Waals surface area contributed by atoms with Gasteiger partial charge in [0.1, 0.15) is 12.3 Å². The minimum atomic E-state index is -0.810. The number of quaternary nitrogens is 1. The molecule has 0 aliphatic carbocycles. The first kappa shape index (κ1) is 17.9. The molecule has 26 heavy (non-hydrogen) atoms. The predicted octanol–water partition coefficient (Wildman–Crippen LogP) is 0.737. The Labute approximate surface area is 153 Å². The van der Waals surface area contributed by atoms with E-state index in [1.54, 1.807) is 12.1 Å². The minimum Gasteiger partial charge on any atom is -0.478 e. The van der Waals surface area contributed by atoms with Crippen LogP contribution in [0.15, 0.2) is 48.5 Å². The average molecular weight is 354 g/mol. The second-order valence-corrected chi connectivity index (χ2v) is 6.77. The predicted molar refractivity (Wildman–Crippen MR) is 98.9 cm³/mol. The first-order valence-electron chi connectivity index (χ1n) is 8.71. The number of nitrogens with one attached hydrogen (secondary N) is 3. The van der Waals surface area contributed by atoms with Gasteiger partial charge in [-0.1, -0.05) is 36.4 Å². The van der Waals surface area contributed by atoms with Gasteiger partial charge < -0.3 is 20.3 Å². The fraction of sp³-hybridized carbons (Fsp3) is 0.300. The summed E-state index contributed by atoms with van der Waals surface area (Å²) in [6, 6.07) is 15.4. The van der Waals surface area contributed by atoms with Crippen molar-refractivity contribution in [3.05, 3.63) is 59.7 Å². The third-order valence-electron chi connectivity index (χ3n) is 4.15. The first-order valence-corrected chi connectivity index (χ1v) is 8.71. The van der Waals surface area contributed by atoms with Crippen LogP contribution in [0.1, 0.15) is 17.5 Å². The van der Waals surface area contributed by atoms with Crippen LogP contribution in [0.25, 0.3) is 0 Å². The van der Waals surface area contributed by atoms with E-state index in [1.807, 2.05) is 24.3 Å². The van der Waals surface area contributed by atoms with Crippen molar-refractivity contribution in [2.24, 2.45) is 0 Å². The van der Waals surface area contributed by atoms with Gasteiger partial charge in [0.25, 0.3) is 5.91 Å². The van der Waals surface area contributed by atoms with Gasteiger partial charge in [0.15, 0.2) is 6.10 Å². The fourth-order valence-corrected chi connectivity index (χ4v) is 2.85. The molecule has 0 bridgehead atoms. The number of benzene rings is 2. The summed E-state index contributed by atoms with van der Waals surface area (Å²) in [4.78, 5) is 25.6. The monoisotopic (exact) mass is 354 g/mol. The largest absolute Gasteiger partial charge is 0.478 e. The minimum absolute atomic E-state index is 0.0117. The van der Waals surface area contributed by atoms with Crippen molar-refractivity contribution < 1.29 is 19.2 Å². The quantitative estimate of drug-likeness (QED) is 0.716. The molecule has 3 rings (SSSR count). The highest BCUT2D eigenvalue weighted by molar-refractivity contribution is 5.99. The van der Waals surface area contributed by atoms with Crippen LogP contribution in [0.3, 0.4) is 0 Å². The molecule has 6 nitrogen and oxygen atoms in total. The molecular weight excluding hydrogens is 330 g/mol. The Kier molecular flexibility index (Phi) is 5.53. The van der Waals surface area contributed by atoms with E-state index in [-0.39, 0.29) is 18.2 Å². The molecule has 0 aromatic heterocycles. The van der Waals surface area contributed by atoms with Crippen LogP contribution in [0.2, 0.25) is 0 Å². The summed E-state index contributed by atoms with van der Waals surface area (Å²) < 4.78 is 5.64. The molecule has 0 unspecified atom stereocenters. The van der Waals surface area contributed by atoms with Gasteiger partial charge in [-0.3, -0.25) is 9.59 Å². The summed E-state index contributed by atoms with van der Waals surface area (Å²) >= 11 is 0. The molecule has 1 aliphatic rings. The van der Waals surface area contributed by atoms with Gasteiger partial charge in [0.2, 0.25) is 5.91 Å². The highest BCUT2D eigenvalue weighted by Gasteiger charge is 2.29. The number of fused-ring (bicyclic) bond motifs is 1. The maximum atomic E-state index is 12.2. The van der Waals surface area contributed by atoms with Crippen LogP contribution < -0.4 is 20.3 Å². The zero-order valence-corrected chi connectivity index (χ0v) is 15.0. The standard InChI is InChI=1S/C20H23N3O3/c1-23(2)13-15-9-7-14(8-10-15)12-21-19(24)11-18-20(25)22-16-5-3-4-6-17(16)26-18/h3-10,18H,11-13H2,1-2H3,(H,21,24)(H,22,25)/p+1/t18-/m0/s1. The number of ether oxygens (including phenoxy) is 1. The first-order chi connectivity index (χ1) is 12.5. The zero-order chi connectivity index (χ0) is 18.5. The summed E-state index contributed by atoms with van der Waals surface area (Å²) in [7, 11) is 4.21. The molecule has 6 heteroatoms. The molecule has 0 radical (unpaired) electrons. The second kappa shape index (κ2) is 8.01. The second-order valence-electron chi connectivity index (χ2n) is 6.77. The van der Waals surface area contributed by atoms with E-state index in [0.29, 0.717) is 18.0 Å². The number of carbonyl (C=O) groups excluding carboxylic acids is 2. The van der Waals surface area contributed by atoms with Crippen molar-refractivity contribution in [1.29, 1.82) is 0 Å². The van der Waals surface area contributed by atoms with Gasteiger partial charge in [0, 0.05) is 12.1 Å². The van der Waals surface area contributed by atoms with Gasteiger partial charge in [-0.25, -0.2) is 0 Å². The summed E-state index contributed by atoms with van der Waals surface area (Å²) in [5.41, 5.74) is 2.91. The third-order valence-corrected chi connectivity index (χ3v) is 4.15. The Morgan fingerprint density at radius 2 is 1.81 bits per heavy atom. The SMILES string of the molecule is C[NH+](C)Cc1ccc(CNC(=O)C[C@@H]2Oc3ccccc3NC2=O)cc1. The summed E-state index contributed by atoms with van der Waals surface area (Å²) in [6.07, 6.45) is -0.822. The van der Waals surface area contributed by atoms with E-state index in [9.17, 15) is 9.59 Å². The van der Waals surface area contributed by atoms with E-state index >= 15 is 0 Å². The summed E-state index contributed by atoms with van der Waals surface area (Å²) in [6.45, 7) is 1.39. The molecule has 1 atom stereocenters. The van der Waals surface area contributed by atoms with Crippen molar-refractivity contribution in [3.8, 4) is 5.75 Å². The normalized spacial score (nSPS) is 15.8. The van der Waals surface area contributed by atoms with Gasteiger partial charge in [-0.05, 0) is 17.7 Å². The summed E-state index contributed by atoms with van der Waals surface area (Å²) in [5.74, 6) is 0.0734. The lowest BCUT2D eigenvalue weighted by molar-refractivity contribution is -0.872. The maximum absolute atomic E-state index is 12.2. The van der Waals surface area contributed by atoms with Crippen LogP contribution in [0.5, 0.6) is 5.75 Å². The van der Waals surface area contributed by atoms with Gasteiger partial charge in [0.05, 0.1) is 26.2 Å². The number of anilines is 1. The van der Waals surface area contributed by atoms with Crippen LogP contribution in [0, 0.1) is 0 Å². The van der Waals surface area contributed by atoms with E-state index in [4.69, 9.17) is 4.74 Å². The highest BCUT2D eigenvalue weighted by atomic mass is 16.5. The molecule has 0 fully saturated rings. The lowest BCUT2D eigenvalue weighted by Gasteiger charge is -2.25. The van der Waals surface area contributed by atoms with Crippen molar-refractivity contribution in [3.63, 3.8) is 0 Å². The maximum Gasteiger partial charge on any atom is 0.266 e. The molecule has 1 aliphatic heterocycles. The zero-order valence-electron chi connectivity index (χ0n) is 15.0.